The molecule has 12 heavy (non-hydrogen) atoms. The Labute approximate surface area is 71.8 Å². The summed E-state index contributed by atoms with van der Waals surface area (Å²) in [5.41, 5.74) is 0. The number of hydrogen-bond acceptors (Lipinski definition) is 3. The topological polar surface area (TPSA) is 46.2 Å². The monoisotopic (exact) mass is 167 g/mol. The lowest BCUT2D eigenvalue weighted by Gasteiger charge is -2.02. The van der Waals surface area contributed by atoms with Crippen molar-refractivity contribution in [3.05, 3.63) is 24.2 Å². The summed E-state index contributed by atoms with van der Waals surface area (Å²) >= 11 is 0. The average Bonchev–Trinajstić information content (AvgIpc) is 2.53. The van der Waals surface area contributed by atoms with E-state index in [-0.39, 0.29) is 0 Å². The molecule has 0 bridgehead atoms. The summed E-state index contributed by atoms with van der Waals surface area (Å²) in [5.74, 6) is 1.23. The fraction of sp³-hybridized carbons (Fsp3) is 0.444. The standard InChI is InChI=1S/C9H13NO2/c1-2-11-9(10)6-5-8-4-3-7-12-8/h3-4,7,10H,2,5-6H2,1H3. The Hall–Kier alpha value is -1.25. The second-order valence-electron chi connectivity index (χ2n) is 2.44. The van der Waals surface area contributed by atoms with Gasteiger partial charge < -0.3 is 9.15 Å². The first-order chi connectivity index (χ1) is 5.83. The van der Waals surface area contributed by atoms with Crippen LogP contribution in [-0.2, 0) is 11.2 Å². The first-order valence-electron chi connectivity index (χ1n) is 4.05. The van der Waals surface area contributed by atoms with Gasteiger partial charge >= 0.3 is 0 Å². The highest BCUT2D eigenvalue weighted by Gasteiger charge is 1.99. The summed E-state index contributed by atoms with van der Waals surface area (Å²) in [6.07, 6.45) is 2.99. The molecule has 0 radical (unpaired) electrons. The minimum Gasteiger partial charge on any atom is -0.481 e. The molecule has 0 aromatic carbocycles. The highest BCUT2D eigenvalue weighted by molar-refractivity contribution is 5.72. The predicted octanol–water partition coefficient (Wildman–Crippen LogP) is 2.23. The van der Waals surface area contributed by atoms with Crippen LogP contribution in [0.1, 0.15) is 19.1 Å². The maximum absolute atomic E-state index is 7.33. The van der Waals surface area contributed by atoms with E-state index in [0.717, 1.165) is 12.2 Å². The number of nitrogens with one attached hydrogen (secondary N) is 1. The second-order valence-corrected chi connectivity index (χ2v) is 2.44. The molecule has 0 spiro atoms. The maximum Gasteiger partial charge on any atom is 0.180 e. The van der Waals surface area contributed by atoms with Gasteiger partial charge in [0.15, 0.2) is 5.90 Å². The molecule has 0 saturated carbocycles. The highest BCUT2D eigenvalue weighted by atomic mass is 16.5. The molecular formula is C9H13NO2. The molecule has 3 nitrogen and oxygen atoms in total. The van der Waals surface area contributed by atoms with Crippen molar-refractivity contribution in [2.45, 2.75) is 19.8 Å². The Morgan fingerprint density at radius 1 is 1.67 bits per heavy atom. The molecule has 1 aromatic rings. The van der Waals surface area contributed by atoms with Crippen LogP contribution in [-0.4, -0.2) is 12.5 Å². The molecule has 1 N–H and O–H groups in total. The highest BCUT2D eigenvalue weighted by Crippen LogP contribution is 2.04. The third-order valence-electron chi connectivity index (χ3n) is 1.50. The van der Waals surface area contributed by atoms with E-state index >= 15 is 0 Å². The minimum absolute atomic E-state index is 0.328. The van der Waals surface area contributed by atoms with Crippen LogP contribution < -0.4 is 0 Å². The van der Waals surface area contributed by atoms with Crippen molar-refractivity contribution in [3.8, 4) is 0 Å². The van der Waals surface area contributed by atoms with E-state index in [1.165, 1.54) is 0 Å². The molecule has 0 unspecified atom stereocenters. The van der Waals surface area contributed by atoms with Gasteiger partial charge in [-0.25, -0.2) is 0 Å². The number of furan rings is 1. The Morgan fingerprint density at radius 3 is 3.08 bits per heavy atom. The molecule has 0 aliphatic rings. The normalized spacial score (nSPS) is 9.75. The Bertz CT molecular complexity index is 229. The van der Waals surface area contributed by atoms with Crippen LogP contribution in [0.25, 0.3) is 0 Å². The van der Waals surface area contributed by atoms with Gasteiger partial charge in [-0.15, -0.1) is 0 Å². The SMILES string of the molecule is CCOC(=N)CCc1ccco1. The van der Waals surface area contributed by atoms with Gasteiger partial charge in [0.05, 0.1) is 12.9 Å². The summed E-state index contributed by atoms with van der Waals surface area (Å²) in [4.78, 5) is 0. The van der Waals surface area contributed by atoms with Gasteiger partial charge in [-0.3, -0.25) is 5.41 Å². The third kappa shape index (κ3) is 2.78. The van der Waals surface area contributed by atoms with Crippen LogP contribution in [0.15, 0.2) is 22.8 Å². The zero-order valence-corrected chi connectivity index (χ0v) is 7.17. The van der Waals surface area contributed by atoms with Crippen LogP contribution in [0.2, 0.25) is 0 Å². The van der Waals surface area contributed by atoms with Crippen molar-refractivity contribution < 1.29 is 9.15 Å². The molecule has 0 aliphatic heterocycles. The lowest BCUT2D eigenvalue weighted by molar-refractivity contribution is 0.312. The van der Waals surface area contributed by atoms with Gasteiger partial charge in [-0.05, 0) is 19.1 Å². The summed E-state index contributed by atoms with van der Waals surface area (Å²) < 4.78 is 10.1. The zero-order chi connectivity index (χ0) is 8.81. The first kappa shape index (κ1) is 8.84. The lowest BCUT2D eigenvalue weighted by Crippen LogP contribution is -2.03. The summed E-state index contributed by atoms with van der Waals surface area (Å²) in [5, 5.41) is 7.33. The number of hydrogen-bond donors (Lipinski definition) is 1. The second kappa shape index (κ2) is 4.59. The zero-order valence-electron chi connectivity index (χ0n) is 7.17. The number of ether oxygens (including phenoxy) is 1. The van der Waals surface area contributed by atoms with E-state index in [9.17, 15) is 0 Å². The Balaban J connectivity index is 2.22. The van der Waals surface area contributed by atoms with Crippen LogP contribution in [0.4, 0.5) is 0 Å². The largest absolute Gasteiger partial charge is 0.481 e. The molecule has 0 fully saturated rings. The Morgan fingerprint density at radius 2 is 2.50 bits per heavy atom. The quantitative estimate of drug-likeness (QED) is 0.552. The number of rotatable bonds is 4. The van der Waals surface area contributed by atoms with Crippen LogP contribution >= 0.6 is 0 Å². The lowest BCUT2D eigenvalue weighted by atomic mass is 10.2. The molecule has 0 saturated heterocycles. The van der Waals surface area contributed by atoms with Gasteiger partial charge in [0, 0.05) is 12.8 Å². The molecule has 3 heteroatoms. The van der Waals surface area contributed by atoms with Gasteiger partial charge in [0.25, 0.3) is 0 Å². The molecule has 1 aromatic heterocycles. The van der Waals surface area contributed by atoms with Gasteiger partial charge in [0.1, 0.15) is 5.76 Å². The fourth-order valence-electron chi connectivity index (χ4n) is 0.938. The van der Waals surface area contributed by atoms with Crippen molar-refractivity contribution in [2.24, 2.45) is 0 Å². The van der Waals surface area contributed by atoms with Crippen LogP contribution in [0.3, 0.4) is 0 Å². The average molecular weight is 167 g/mol. The van der Waals surface area contributed by atoms with Gasteiger partial charge in [0.2, 0.25) is 0 Å². The number of aryl methyl sites for hydroxylation is 1. The van der Waals surface area contributed by atoms with Crippen molar-refractivity contribution >= 4 is 5.90 Å². The summed E-state index contributed by atoms with van der Waals surface area (Å²) in [7, 11) is 0. The van der Waals surface area contributed by atoms with Gasteiger partial charge in [-0.1, -0.05) is 0 Å². The van der Waals surface area contributed by atoms with E-state index in [4.69, 9.17) is 14.6 Å². The molecule has 0 aliphatic carbocycles. The minimum atomic E-state index is 0.328. The predicted molar refractivity (Wildman–Crippen MR) is 46.4 cm³/mol. The Kier molecular flexibility index (Phi) is 3.38. The smallest absolute Gasteiger partial charge is 0.180 e. The van der Waals surface area contributed by atoms with Crippen molar-refractivity contribution in [1.29, 1.82) is 5.41 Å². The fourth-order valence-corrected chi connectivity index (χ4v) is 0.938. The molecule has 66 valence electrons. The molecule has 1 heterocycles. The van der Waals surface area contributed by atoms with E-state index in [2.05, 4.69) is 0 Å². The van der Waals surface area contributed by atoms with Crippen LogP contribution in [0.5, 0.6) is 0 Å². The first-order valence-corrected chi connectivity index (χ1v) is 4.05. The molecule has 1 rings (SSSR count). The molecule has 0 amide bonds. The van der Waals surface area contributed by atoms with Gasteiger partial charge in [-0.2, -0.15) is 0 Å². The van der Waals surface area contributed by atoms with E-state index < -0.39 is 0 Å². The third-order valence-corrected chi connectivity index (χ3v) is 1.50. The van der Waals surface area contributed by atoms with Crippen molar-refractivity contribution in [1.82, 2.24) is 0 Å². The maximum atomic E-state index is 7.33. The van der Waals surface area contributed by atoms with E-state index in [1.54, 1.807) is 6.26 Å². The van der Waals surface area contributed by atoms with E-state index in [1.807, 2.05) is 19.1 Å². The summed E-state index contributed by atoms with van der Waals surface area (Å²) in [6.45, 7) is 2.44. The summed E-state index contributed by atoms with van der Waals surface area (Å²) in [6, 6.07) is 3.75. The molecule has 0 atom stereocenters. The van der Waals surface area contributed by atoms with Crippen molar-refractivity contribution in [2.75, 3.05) is 6.61 Å². The molecular weight excluding hydrogens is 154 g/mol. The van der Waals surface area contributed by atoms with Crippen LogP contribution in [0, 0.1) is 5.41 Å². The van der Waals surface area contributed by atoms with Crippen molar-refractivity contribution in [3.63, 3.8) is 0 Å². The van der Waals surface area contributed by atoms with E-state index in [0.29, 0.717) is 18.9 Å².